The molecule has 0 atom stereocenters. The SMILES string of the molecule is Cc1cc(C(=O)Nc2ccc(Cl)c(O)c2)ccc1O. The zero-order valence-corrected chi connectivity index (χ0v) is 10.9. The molecule has 0 aromatic heterocycles. The Labute approximate surface area is 115 Å². The van der Waals surface area contributed by atoms with Crippen molar-refractivity contribution in [2.45, 2.75) is 6.92 Å². The number of benzene rings is 2. The van der Waals surface area contributed by atoms with Crippen LogP contribution in [0.5, 0.6) is 11.5 Å². The minimum atomic E-state index is -0.329. The maximum Gasteiger partial charge on any atom is 0.255 e. The summed E-state index contributed by atoms with van der Waals surface area (Å²) in [6.45, 7) is 1.71. The first-order chi connectivity index (χ1) is 8.97. The van der Waals surface area contributed by atoms with E-state index in [0.717, 1.165) is 0 Å². The monoisotopic (exact) mass is 277 g/mol. The summed E-state index contributed by atoms with van der Waals surface area (Å²) in [4.78, 5) is 12.0. The van der Waals surface area contributed by atoms with E-state index in [1.165, 1.54) is 24.3 Å². The summed E-state index contributed by atoms with van der Waals surface area (Å²) in [6, 6.07) is 9.02. The van der Waals surface area contributed by atoms with Gasteiger partial charge in [0.1, 0.15) is 11.5 Å². The van der Waals surface area contributed by atoms with E-state index in [2.05, 4.69) is 5.32 Å². The number of aromatic hydroxyl groups is 2. The third-order valence-corrected chi connectivity index (χ3v) is 2.98. The van der Waals surface area contributed by atoms with Gasteiger partial charge in [0, 0.05) is 17.3 Å². The van der Waals surface area contributed by atoms with Crippen LogP contribution >= 0.6 is 11.6 Å². The summed E-state index contributed by atoms with van der Waals surface area (Å²) in [5.74, 6) is -0.285. The average Bonchev–Trinajstić information content (AvgIpc) is 2.37. The number of aryl methyl sites for hydroxylation is 1. The van der Waals surface area contributed by atoms with Gasteiger partial charge in [-0.15, -0.1) is 0 Å². The molecule has 0 radical (unpaired) electrons. The average molecular weight is 278 g/mol. The normalized spacial score (nSPS) is 10.2. The molecule has 0 saturated heterocycles. The van der Waals surface area contributed by atoms with Gasteiger partial charge in [-0.3, -0.25) is 4.79 Å². The molecule has 5 heteroatoms. The van der Waals surface area contributed by atoms with E-state index in [0.29, 0.717) is 16.8 Å². The Bertz CT molecular complexity index is 641. The zero-order valence-electron chi connectivity index (χ0n) is 10.1. The van der Waals surface area contributed by atoms with Crippen LogP contribution in [-0.4, -0.2) is 16.1 Å². The van der Waals surface area contributed by atoms with E-state index >= 15 is 0 Å². The lowest BCUT2D eigenvalue weighted by Gasteiger charge is -2.07. The van der Waals surface area contributed by atoms with Gasteiger partial charge in [-0.05, 0) is 42.8 Å². The number of amides is 1. The van der Waals surface area contributed by atoms with Gasteiger partial charge in [-0.1, -0.05) is 11.6 Å². The summed E-state index contributed by atoms with van der Waals surface area (Å²) < 4.78 is 0. The molecule has 0 bridgehead atoms. The third kappa shape index (κ3) is 2.98. The fraction of sp³-hybridized carbons (Fsp3) is 0.0714. The molecule has 0 spiro atoms. The second-order valence-corrected chi connectivity index (χ2v) is 4.53. The molecule has 0 aliphatic rings. The number of phenolic OH excluding ortho intramolecular Hbond substituents is 2. The number of hydrogen-bond donors (Lipinski definition) is 3. The molecule has 2 aromatic carbocycles. The minimum Gasteiger partial charge on any atom is -0.508 e. The van der Waals surface area contributed by atoms with Crippen LogP contribution in [0.25, 0.3) is 0 Å². The van der Waals surface area contributed by atoms with Crippen molar-refractivity contribution in [3.05, 3.63) is 52.5 Å². The molecule has 2 aromatic rings. The van der Waals surface area contributed by atoms with Gasteiger partial charge in [0.05, 0.1) is 5.02 Å². The van der Waals surface area contributed by atoms with Crippen molar-refractivity contribution in [1.82, 2.24) is 0 Å². The predicted octanol–water partition coefficient (Wildman–Crippen LogP) is 3.31. The largest absolute Gasteiger partial charge is 0.508 e. The summed E-state index contributed by atoms with van der Waals surface area (Å²) in [6.07, 6.45) is 0. The molecule has 0 unspecified atom stereocenters. The summed E-state index contributed by atoms with van der Waals surface area (Å²) >= 11 is 5.68. The molecule has 4 nitrogen and oxygen atoms in total. The topological polar surface area (TPSA) is 69.6 Å². The summed E-state index contributed by atoms with van der Waals surface area (Å²) in [5, 5.41) is 21.7. The van der Waals surface area contributed by atoms with E-state index in [1.54, 1.807) is 19.1 Å². The summed E-state index contributed by atoms with van der Waals surface area (Å²) in [5.41, 5.74) is 1.48. The first-order valence-electron chi connectivity index (χ1n) is 5.57. The van der Waals surface area contributed by atoms with Crippen LogP contribution in [0.15, 0.2) is 36.4 Å². The second-order valence-electron chi connectivity index (χ2n) is 4.12. The van der Waals surface area contributed by atoms with Crippen molar-refractivity contribution in [3.8, 4) is 11.5 Å². The second kappa shape index (κ2) is 5.20. The Hall–Kier alpha value is -2.20. The third-order valence-electron chi connectivity index (χ3n) is 2.66. The van der Waals surface area contributed by atoms with Crippen molar-refractivity contribution < 1.29 is 15.0 Å². The molecule has 0 fully saturated rings. The Balaban J connectivity index is 2.20. The van der Waals surface area contributed by atoms with E-state index in [4.69, 9.17) is 11.6 Å². The van der Waals surface area contributed by atoms with Gasteiger partial charge in [-0.2, -0.15) is 0 Å². The molecule has 19 heavy (non-hydrogen) atoms. The van der Waals surface area contributed by atoms with Crippen LogP contribution < -0.4 is 5.32 Å². The number of carbonyl (C=O) groups is 1. The highest BCUT2D eigenvalue weighted by Gasteiger charge is 2.09. The van der Waals surface area contributed by atoms with Crippen LogP contribution in [0.2, 0.25) is 5.02 Å². The number of anilines is 1. The minimum absolute atomic E-state index is 0.0960. The number of rotatable bonds is 2. The summed E-state index contributed by atoms with van der Waals surface area (Å²) in [7, 11) is 0. The molecule has 2 rings (SSSR count). The molecule has 0 heterocycles. The molecule has 1 amide bonds. The molecule has 0 saturated carbocycles. The molecule has 0 aliphatic carbocycles. The fourth-order valence-corrected chi connectivity index (χ4v) is 1.71. The van der Waals surface area contributed by atoms with Gasteiger partial charge in [0.2, 0.25) is 0 Å². The van der Waals surface area contributed by atoms with Crippen LogP contribution in [0.1, 0.15) is 15.9 Å². The standard InChI is InChI=1S/C14H12ClNO3/c1-8-6-9(2-5-12(8)17)14(19)16-10-3-4-11(15)13(18)7-10/h2-7,17-18H,1H3,(H,16,19). The highest BCUT2D eigenvalue weighted by Crippen LogP contribution is 2.26. The Morgan fingerprint density at radius 3 is 2.47 bits per heavy atom. The van der Waals surface area contributed by atoms with Gasteiger partial charge in [0.25, 0.3) is 5.91 Å². The number of halogens is 1. The van der Waals surface area contributed by atoms with Gasteiger partial charge >= 0.3 is 0 Å². The van der Waals surface area contributed by atoms with E-state index < -0.39 is 0 Å². The van der Waals surface area contributed by atoms with E-state index in [-0.39, 0.29) is 22.4 Å². The van der Waals surface area contributed by atoms with Crippen molar-refractivity contribution in [2.24, 2.45) is 0 Å². The molecular formula is C14H12ClNO3. The van der Waals surface area contributed by atoms with Crippen LogP contribution in [0.3, 0.4) is 0 Å². The number of carbonyl (C=O) groups excluding carboxylic acids is 1. The fourth-order valence-electron chi connectivity index (χ4n) is 1.59. The first kappa shape index (κ1) is 13.2. The first-order valence-corrected chi connectivity index (χ1v) is 5.94. The zero-order chi connectivity index (χ0) is 14.0. The van der Waals surface area contributed by atoms with Crippen LogP contribution in [0.4, 0.5) is 5.69 Å². The number of phenols is 2. The smallest absolute Gasteiger partial charge is 0.255 e. The van der Waals surface area contributed by atoms with Crippen molar-refractivity contribution in [3.63, 3.8) is 0 Å². The lowest BCUT2D eigenvalue weighted by Crippen LogP contribution is -2.11. The van der Waals surface area contributed by atoms with Crippen molar-refractivity contribution in [2.75, 3.05) is 5.32 Å². The van der Waals surface area contributed by atoms with Crippen molar-refractivity contribution in [1.29, 1.82) is 0 Å². The predicted molar refractivity (Wildman–Crippen MR) is 73.9 cm³/mol. The van der Waals surface area contributed by atoms with E-state index in [9.17, 15) is 15.0 Å². The maximum atomic E-state index is 12.0. The van der Waals surface area contributed by atoms with Crippen molar-refractivity contribution >= 4 is 23.2 Å². The van der Waals surface area contributed by atoms with E-state index in [1.807, 2.05) is 0 Å². The number of hydrogen-bond acceptors (Lipinski definition) is 3. The maximum absolute atomic E-state index is 12.0. The highest BCUT2D eigenvalue weighted by atomic mass is 35.5. The Morgan fingerprint density at radius 1 is 1.11 bits per heavy atom. The highest BCUT2D eigenvalue weighted by molar-refractivity contribution is 6.32. The Kier molecular flexibility index (Phi) is 3.62. The van der Waals surface area contributed by atoms with Crippen LogP contribution in [0, 0.1) is 6.92 Å². The molecule has 3 N–H and O–H groups in total. The van der Waals surface area contributed by atoms with Gasteiger partial charge in [-0.25, -0.2) is 0 Å². The van der Waals surface area contributed by atoms with Gasteiger partial charge in [0.15, 0.2) is 0 Å². The lowest BCUT2D eigenvalue weighted by molar-refractivity contribution is 0.102. The number of nitrogens with one attached hydrogen (secondary N) is 1. The quantitative estimate of drug-likeness (QED) is 0.789. The van der Waals surface area contributed by atoms with Crippen LogP contribution in [-0.2, 0) is 0 Å². The van der Waals surface area contributed by atoms with Gasteiger partial charge < -0.3 is 15.5 Å². The molecule has 0 aliphatic heterocycles. The lowest BCUT2D eigenvalue weighted by atomic mass is 10.1. The molecule has 98 valence electrons. The molecular weight excluding hydrogens is 266 g/mol. The Morgan fingerprint density at radius 2 is 1.84 bits per heavy atom.